The van der Waals surface area contributed by atoms with Gasteiger partial charge >= 0.3 is 6.03 Å². The first-order chi connectivity index (χ1) is 15.9. The zero-order valence-electron chi connectivity index (χ0n) is 18.5. The molecule has 0 bridgehead atoms. The van der Waals surface area contributed by atoms with E-state index in [4.69, 9.17) is 14.2 Å². The van der Waals surface area contributed by atoms with Crippen molar-refractivity contribution in [2.45, 2.75) is 37.8 Å². The molecule has 0 unspecified atom stereocenters. The Morgan fingerprint density at radius 3 is 2.73 bits per heavy atom. The second-order valence-corrected chi connectivity index (χ2v) is 8.41. The SMILES string of the molecule is COc1ccc2c(c1)CCC[C@]21NC(=O)N([C@@H](C)C(=O)Nc2ccc3c(c2)OCCO3)C1=O. The summed E-state index contributed by atoms with van der Waals surface area (Å²) < 4.78 is 16.4. The van der Waals surface area contributed by atoms with Gasteiger partial charge in [-0.05, 0) is 61.6 Å². The molecule has 2 aromatic rings. The van der Waals surface area contributed by atoms with Gasteiger partial charge in [0.2, 0.25) is 5.91 Å². The number of ether oxygens (including phenoxy) is 3. The van der Waals surface area contributed by atoms with Gasteiger partial charge in [0.05, 0.1) is 7.11 Å². The molecule has 4 amide bonds. The number of rotatable bonds is 4. The van der Waals surface area contributed by atoms with Gasteiger partial charge in [0.1, 0.15) is 30.5 Å². The normalized spacial score (nSPS) is 21.9. The second-order valence-electron chi connectivity index (χ2n) is 8.41. The van der Waals surface area contributed by atoms with Crippen molar-refractivity contribution < 1.29 is 28.6 Å². The molecule has 172 valence electrons. The van der Waals surface area contributed by atoms with Gasteiger partial charge in [0.15, 0.2) is 11.5 Å². The molecule has 2 heterocycles. The van der Waals surface area contributed by atoms with E-state index in [0.29, 0.717) is 42.6 Å². The minimum absolute atomic E-state index is 0.413. The number of amides is 4. The van der Waals surface area contributed by atoms with Crippen LogP contribution in [0.2, 0.25) is 0 Å². The average Bonchev–Trinajstić information content (AvgIpc) is 3.07. The zero-order chi connectivity index (χ0) is 23.2. The summed E-state index contributed by atoms with van der Waals surface area (Å²) in [5, 5.41) is 5.65. The fraction of sp³-hybridized carbons (Fsp3) is 0.375. The molecule has 2 N–H and O–H groups in total. The second kappa shape index (κ2) is 7.99. The number of benzene rings is 2. The summed E-state index contributed by atoms with van der Waals surface area (Å²) in [7, 11) is 1.59. The van der Waals surface area contributed by atoms with Crippen molar-refractivity contribution in [3.63, 3.8) is 0 Å². The van der Waals surface area contributed by atoms with Crippen molar-refractivity contribution in [1.29, 1.82) is 0 Å². The minimum atomic E-state index is -1.16. The lowest BCUT2D eigenvalue weighted by molar-refractivity contribution is -0.137. The Morgan fingerprint density at radius 2 is 1.94 bits per heavy atom. The number of carbonyl (C=O) groups excluding carboxylic acids is 3. The summed E-state index contributed by atoms with van der Waals surface area (Å²) in [6.07, 6.45) is 2.00. The molecule has 1 aliphatic carbocycles. The van der Waals surface area contributed by atoms with Crippen LogP contribution in [0, 0.1) is 0 Å². The largest absolute Gasteiger partial charge is 0.497 e. The van der Waals surface area contributed by atoms with E-state index in [0.717, 1.165) is 28.9 Å². The molecule has 2 atom stereocenters. The zero-order valence-corrected chi connectivity index (χ0v) is 18.5. The Kier molecular flexibility index (Phi) is 5.11. The highest BCUT2D eigenvalue weighted by Crippen LogP contribution is 2.42. The average molecular weight is 451 g/mol. The molecule has 1 spiro atoms. The smallest absolute Gasteiger partial charge is 0.326 e. The number of carbonyl (C=O) groups is 3. The maximum absolute atomic E-state index is 13.6. The molecule has 2 aliphatic heterocycles. The molecule has 1 fully saturated rings. The van der Waals surface area contributed by atoms with Crippen LogP contribution in [0.25, 0.3) is 0 Å². The molecule has 5 rings (SSSR count). The van der Waals surface area contributed by atoms with Gasteiger partial charge in [0.25, 0.3) is 5.91 Å². The highest BCUT2D eigenvalue weighted by atomic mass is 16.6. The van der Waals surface area contributed by atoms with Gasteiger partial charge in [-0.3, -0.25) is 9.59 Å². The van der Waals surface area contributed by atoms with E-state index in [1.807, 2.05) is 12.1 Å². The number of fused-ring (bicyclic) bond motifs is 3. The summed E-state index contributed by atoms with van der Waals surface area (Å²) >= 11 is 0. The third-order valence-corrected chi connectivity index (χ3v) is 6.47. The Morgan fingerprint density at radius 1 is 1.15 bits per heavy atom. The van der Waals surface area contributed by atoms with Gasteiger partial charge in [-0.2, -0.15) is 0 Å². The standard InChI is InChI=1S/C24H25N3O6/c1-14(21(28)25-16-5-8-19-20(13-16)33-11-10-32-19)27-22(29)24(26-23(27)30)9-3-4-15-12-17(31-2)6-7-18(15)24/h5-8,12-14H,3-4,9-11H2,1-2H3,(H,25,28)(H,26,30)/t14-,24-/m0/s1. The quantitative estimate of drug-likeness (QED) is 0.692. The number of hydrogen-bond acceptors (Lipinski definition) is 6. The Bertz CT molecular complexity index is 1150. The summed E-state index contributed by atoms with van der Waals surface area (Å²) in [6.45, 7) is 2.44. The first kappa shape index (κ1) is 21.1. The van der Waals surface area contributed by atoms with Crippen LogP contribution in [0.5, 0.6) is 17.2 Å². The van der Waals surface area contributed by atoms with Crippen LogP contribution in [0.3, 0.4) is 0 Å². The van der Waals surface area contributed by atoms with Crippen LogP contribution in [-0.2, 0) is 21.5 Å². The Balaban J connectivity index is 1.38. The van der Waals surface area contributed by atoms with E-state index >= 15 is 0 Å². The van der Waals surface area contributed by atoms with E-state index in [-0.39, 0.29) is 0 Å². The summed E-state index contributed by atoms with van der Waals surface area (Å²) in [5.41, 5.74) is 1.05. The lowest BCUT2D eigenvalue weighted by Crippen LogP contribution is -2.49. The molecule has 33 heavy (non-hydrogen) atoms. The lowest BCUT2D eigenvalue weighted by Gasteiger charge is -2.34. The monoisotopic (exact) mass is 451 g/mol. The highest BCUT2D eigenvalue weighted by molar-refractivity contribution is 6.11. The topological polar surface area (TPSA) is 106 Å². The Hall–Kier alpha value is -3.75. The molecule has 1 saturated heterocycles. The van der Waals surface area contributed by atoms with Crippen molar-refractivity contribution in [3.8, 4) is 17.2 Å². The number of imide groups is 1. The summed E-state index contributed by atoms with van der Waals surface area (Å²) in [5.74, 6) is 0.957. The highest BCUT2D eigenvalue weighted by Gasteiger charge is 2.56. The number of hydrogen-bond donors (Lipinski definition) is 2. The number of methoxy groups -OCH3 is 1. The minimum Gasteiger partial charge on any atom is -0.497 e. The molecular weight excluding hydrogens is 426 g/mol. The van der Waals surface area contributed by atoms with Gasteiger partial charge in [0, 0.05) is 11.8 Å². The number of nitrogens with zero attached hydrogens (tertiary/aromatic N) is 1. The summed E-state index contributed by atoms with van der Waals surface area (Å²) in [6, 6.07) is 9.00. The van der Waals surface area contributed by atoms with Crippen LogP contribution >= 0.6 is 0 Å². The third kappa shape index (κ3) is 3.44. The van der Waals surface area contributed by atoms with Crippen molar-refractivity contribution in [1.82, 2.24) is 10.2 Å². The summed E-state index contributed by atoms with van der Waals surface area (Å²) in [4.78, 5) is 40.5. The first-order valence-corrected chi connectivity index (χ1v) is 11.0. The van der Waals surface area contributed by atoms with Crippen molar-refractivity contribution in [2.75, 3.05) is 25.6 Å². The van der Waals surface area contributed by atoms with Crippen LogP contribution in [-0.4, -0.2) is 49.1 Å². The van der Waals surface area contributed by atoms with Crippen LogP contribution in [0.1, 0.15) is 30.9 Å². The molecule has 9 heteroatoms. The van der Waals surface area contributed by atoms with E-state index in [1.165, 1.54) is 0 Å². The molecule has 9 nitrogen and oxygen atoms in total. The van der Waals surface area contributed by atoms with E-state index in [2.05, 4.69) is 10.6 Å². The van der Waals surface area contributed by atoms with E-state index in [1.54, 1.807) is 38.3 Å². The van der Waals surface area contributed by atoms with Gasteiger partial charge < -0.3 is 24.8 Å². The fourth-order valence-corrected chi connectivity index (χ4v) is 4.78. The fourth-order valence-electron chi connectivity index (χ4n) is 4.78. The first-order valence-electron chi connectivity index (χ1n) is 11.0. The predicted octanol–water partition coefficient (Wildman–Crippen LogP) is 2.58. The lowest BCUT2D eigenvalue weighted by atomic mass is 9.76. The van der Waals surface area contributed by atoms with Gasteiger partial charge in [-0.15, -0.1) is 0 Å². The molecule has 3 aliphatic rings. The van der Waals surface area contributed by atoms with Gasteiger partial charge in [-0.25, -0.2) is 9.69 Å². The van der Waals surface area contributed by atoms with E-state index < -0.39 is 29.4 Å². The molecular formula is C24H25N3O6. The maximum atomic E-state index is 13.6. The van der Waals surface area contributed by atoms with Gasteiger partial charge in [-0.1, -0.05) is 6.07 Å². The molecule has 0 aromatic heterocycles. The number of urea groups is 1. The molecule has 0 radical (unpaired) electrons. The van der Waals surface area contributed by atoms with Crippen molar-refractivity contribution in [2.24, 2.45) is 0 Å². The van der Waals surface area contributed by atoms with Crippen LogP contribution in [0.15, 0.2) is 36.4 Å². The third-order valence-electron chi connectivity index (χ3n) is 6.47. The molecule has 0 saturated carbocycles. The number of aryl methyl sites for hydroxylation is 1. The number of nitrogens with one attached hydrogen (secondary N) is 2. The van der Waals surface area contributed by atoms with Crippen molar-refractivity contribution >= 4 is 23.5 Å². The molecule has 2 aromatic carbocycles. The van der Waals surface area contributed by atoms with Crippen LogP contribution < -0.4 is 24.8 Å². The van der Waals surface area contributed by atoms with Crippen LogP contribution in [0.4, 0.5) is 10.5 Å². The predicted molar refractivity (Wildman–Crippen MR) is 119 cm³/mol. The maximum Gasteiger partial charge on any atom is 0.326 e. The van der Waals surface area contributed by atoms with Crippen molar-refractivity contribution in [3.05, 3.63) is 47.5 Å². The number of anilines is 1. The van der Waals surface area contributed by atoms with E-state index in [9.17, 15) is 14.4 Å². The Labute approximate surface area is 191 Å².